The zero-order valence-electron chi connectivity index (χ0n) is 9.64. The average molecular weight is 231 g/mol. The second-order valence-corrected chi connectivity index (χ2v) is 3.80. The minimum Gasteiger partial charge on any atom is -0.508 e. The van der Waals surface area contributed by atoms with E-state index < -0.39 is 0 Å². The molecule has 2 aromatic rings. The number of aromatic nitrogens is 2. The van der Waals surface area contributed by atoms with Gasteiger partial charge in [0.2, 0.25) is 0 Å². The van der Waals surface area contributed by atoms with Crippen LogP contribution >= 0.6 is 0 Å². The molecule has 0 fully saturated rings. The summed E-state index contributed by atoms with van der Waals surface area (Å²) in [6.07, 6.45) is 0. The Balaban J connectivity index is 2.17. The van der Waals surface area contributed by atoms with Gasteiger partial charge in [-0.1, -0.05) is 0 Å². The molecule has 0 atom stereocenters. The van der Waals surface area contributed by atoms with Gasteiger partial charge in [-0.2, -0.15) is 5.10 Å². The van der Waals surface area contributed by atoms with E-state index in [1.54, 1.807) is 25.2 Å². The average Bonchev–Trinajstić information content (AvgIpc) is 2.61. The van der Waals surface area contributed by atoms with Gasteiger partial charge in [-0.25, -0.2) is 0 Å². The molecule has 1 aromatic carbocycles. The van der Waals surface area contributed by atoms with E-state index >= 15 is 0 Å². The lowest BCUT2D eigenvalue weighted by Gasteiger charge is -2.05. The van der Waals surface area contributed by atoms with Gasteiger partial charge in [-0.3, -0.25) is 9.48 Å². The van der Waals surface area contributed by atoms with E-state index in [9.17, 15) is 4.79 Å². The fourth-order valence-corrected chi connectivity index (χ4v) is 1.56. The zero-order valence-corrected chi connectivity index (χ0v) is 9.64. The Morgan fingerprint density at radius 1 is 1.35 bits per heavy atom. The number of carbonyl (C=O) groups excluding carboxylic acids is 1. The van der Waals surface area contributed by atoms with Gasteiger partial charge in [0.25, 0.3) is 5.91 Å². The third kappa shape index (κ3) is 2.44. The van der Waals surface area contributed by atoms with E-state index in [0.29, 0.717) is 11.4 Å². The van der Waals surface area contributed by atoms with Crippen LogP contribution in [0.3, 0.4) is 0 Å². The highest BCUT2D eigenvalue weighted by molar-refractivity contribution is 6.03. The van der Waals surface area contributed by atoms with Gasteiger partial charge in [0.15, 0.2) is 0 Å². The van der Waals surface area contributed by atoms with Gasteiger partial charge < -0.3 is 10.4 Å². The quantitative estimate of drug-likeness (QED) is 0.773. The first-order chi connectivity index (χ1) is 8.06. The number of anilines is 1. The van der Waals surface area contributed by atoms with Crippen LogP contribution in [0.15, 0.2) is 30.3 Å². The highest BCUT2D eigenvalue weighted by Gasteiger charge is 2.11. The number of nitrogens with one attached hydrogen (secondary N) is 1. The Labute approximate surface area is 98.7 Å². The molecule has 0 unspecified atom stereocenters. The van der Waals surface area contributed by atoms with Crippen molar-refractivity contribution in [1.29, 1.82) is 0 Å². The molecule has 0 aliphatic rings. The minimum absolute atomic E-state index is 0.166. The van der Waals surface area contributed by atoms with Crippen LogP contribution in [0.2, 0.25) is 0 Å². The van der Waals surface area contributed by atoms with Gasteiger partial charge in [-0.15, -0.1) is 0 Å². The molecule has 17 heavy (non-hydrogen) atoms. The summed E-state index contributed by atoms with van der Waals surface area (Å²) in [4.78, 5) is 11.9. The summed E-state index contributed by atoms with van der Waals surface area (Å²) >= 11 is 0. The molecule has 0 radical (unpaired) electrons. The number of amides is 1. The van der Waals surface area contributed by atoms with E-state index in [4.69, 9.17) is 5.11 Å². The number of hydrogen-bond acceptors (Lipinski definition) is 3. The van der Waals surface area contributed by atoms with Crippen molar-refractivity contribution in [2.75, 3.05) is 5.32 Å². The monoisotopic (exact) mass is 231 g/mol. The van der Waals surface area contributed by atoms with E-state index in [2.05, 4.69) is 10.4 Å². The smallest absolute Gasteiger partial charge is 0.273 e. The fourth-order valence-electron chi connectivity index (χ4n) is 1.56. The molecule has 0 aliphatic heterocycles. The Bertz CT molecular complexity index is 543. The van der Waals surface area contributed by atoms with E-state index in [0.717, 1.165) is 5.69 Å². The van der Waals surface area contributed by atoms with E-state index in [1.165, 1.54) is 16.8 Å². The highest BCUT2D eigenvalue weighted by Crippen LogP contribution is 2.14. The summed E-state index contributed by atoms with van der Waals surface area (Å²) in [6, 6.07) is 8.02. The van der Waals surface area contributed by atoms with Crippen molar-refractivity contribution < 1.29 is 9.90 Å². The SMILES string of the molecule is Cc1cc(C(=O)Nc2ccc(O)cc2)n(C)n1. The van der Waals surface area contributed by atoms with Crippen molar-refractivity contribution in [3.05, 3.63) is 41.7 Å². The number of hydrogen-bond donors (Lipinski definition) is 2. The molecule has 0 aliphatic carbocycles. The normalized spacial score (nSPS) is 10.2. The van der Waals surface area contributed by atoms with Crippen molar-refractivity contribution >= 4 is 11.6 Å². The minimum atomic E-state index is -0.223. The zero-order chi connectivity index (χ0) is 12.4. The van der Waals surface area contributed by atoms with Crippen LogP contribution in [0.5, 0.6) is 5.75 Å². The molecule has 1 aromatic heterocycles. The molecule has 0 spiro atoms. The summed E-state index contributed by atoms with van der Waals surface area (Å²) in [5, 5.41) is 16.0. The van der Waals surface area contributed by atoms with Crippen molar-refractivity contribution in [2.45, 2.75) is 6.92 Å². The standard InChI is InChI=1S/C12H13N3O2/c1-8-7-11(15(2)14-8)12(17)13-9-3-5-10(16)6-4-9/h3-7,16H,1-2H3,(H,13,17). The topological polar surface area (TPSA) is 67.2 Å². The van der Waals surface area contributed by atoms with Crippen LogP contribution in [-0.4, -0.2) is 20.8 Å². The third-order valence-corrected chi connectivity index (χ3v) is 2.36. The molecule has 0 bridgehead atoms. The van der Waals surface area contributed by atoms with Gasteiger partial charge in [0.1, 0.15) is 11.4 Å². The molecule has 0 saturated carbocycles. The number of rotatable bonds is 2. The van der Waals surface area contributed by atoms with Crippen molar-refractivity contribution in [3.63, 3.8) is 0 Å². The lowest BCUT2D eigenvalue weighted by molar-refractivity contribution is 0.101. The molecule has 5 heteroatoms. The molecule has 5 nitrogen and oxygen atoms in total. The van der Waals surface area contributed by atoms with E-state index in [-0.39, 0.29) is 11.7 Å². The predicted molar refractivity (Wildman–Crippen MR) is 64.0 cm³/mol. The Morgan fingerprint density at radius 2 is 2.00 bits per heavy atom. The van der Waals surface area contributed by atoms with Gasteiger partial charge in [0, 0.05) is 12.7 Å². The maximum Gasteiger partial charge on any atom is 0.273 e. The maximum absolute atomic E-state index is 11.9. The van der Waals surface area contributed by atoms with Crippen LogP contribution in [0.4, 0.5) is 5.69 Å². The Kier molecular flexibility index (Phi) is 2.82. The van der Waals surface area contributed by atoms with Gasteiger partial charge in [0.05, 0.1) is 5.69 Å². The van der Waals surface area contributed by atoms with Crippen molar-refractivity contribution in [1.82, 2.24) is 9.78 Å². The second-order valence-electron chi connectivity index (χ2n) is 3.80. The molecule has 2 N–H and O–H groups in total. The Morgan fingerprint density at radius 3 is 2.53 bits per heavy atom. The molecular weight excluding hydrogens is 218 g/mol. The highest BCUT2D eigenvalue weighted by atomic mass is 16.3. The Hall–Kier alpha value is -2.30. The molecule has 88 valence electrons. The predicted octanol–water partition coefficient (Wildman–Crippen LogP) is 1.69. The number of aromatic hydroxyl groups is 1. The van der Waals surface area contributed by atoms with Crippen LogP contribution in [0, 0.1) is 6.92 Å². The maximum atomic E-state index is 11.9. The summed E-state index contributed by atoms with van der Waals surface area (Å²) in [7, 11) is 1.72. The first kappa shape index (κ1) is 11.2. The summed E-state index contributed by atoms with van der Waals surface area (Å²) < 4.78 is 1.53. The van der Waals surface area contributed by atoms with Crippen LogP contribution < -0.4 is 5.32 Å². The molecule has 2 rings (SSSR count). The van der Waals surface area contributed by atoms with Crippen LogP contribution in [0.1, 0.15) is 16.2 Å². The second kappa shape index (κ2) is 4.29. The van der Waals surface area contributed by atoms with Crippen molar-refractivity contribution in [2.24, 2.45) is 7.05 Å². The fraction of sp³-hybridized carbons (Fsp3) is 0.167. The largest absolute Gasteiger partial charge is 0.508 e. The number of phenolic OH excluding ortho intramolecular Hbond substituents is 1. The first-order valence-electron chi connectivity index (χ1n) is 5.17. The first-order valence-corrected chi connectivity index (χ1v) is 5.17. The van der Waals surface area contributed by atoms with Crippen molar-refractivity contribution in [3.8, 4) is 5.75 Å². The third-order valence-electron chi connectivity index (χ3n) is 2.36. The summed E-state index contributed by atoms with van der Waals surface area (Å²) in [6.45, 7) is 1.83. The molecule has 1 heterocycles. The number of phenols is 1. The molecule has 0 saturated heterocycles. The molecular formula is C12H13N3O2. The van der Waals surface area contributed by atoms with Crippen LogP contribution in [0.25, 0.3) is 0 Å². The van der Waals surface area contributed by atoms with Gasteiger partial charge >= 0.3 is 0 Å². The number of carbonyl (C=O) groups is 1. The summed E-state index contributed by atoms with van der Waals surface area (Å²) in [5.41, 5.74) is 1.92. The van der Waals surface area contributed by atoms with Gasteiger partial charge in [-0.05, 0) is 37.3 Å². The molecule has 1 amide bonds. The number of aryl methyl sites for hydroxylation is 2. The number of benzene rings is 1. The lowest BCUT2D eigenvalue weighted by atomic mass is 10.3. The van der Waals surface area contributed by atoms with E-state index in [1.807, 2.05) is 6.92 Å². The number of nitrogens with zero attached hydrogens (tertiary/aromatic N) is 2. The summed E-state index contributed by atoms with van der Waals surface area (Å²) in [5.74, 6) is -0.0573. The lowest BCUT2D eigenvalue weighted by Crippen LogP contribution is -2.15. The van der Waals surface area contributed by atoms with Crippen LogP contribution in [-0.2, 0) is 7.05 Å².